The summed E-state index contributed by atoms with van der Waals surface area (Å²) in [5, 5.41) is 12.5. The molecular weight excluding hydrogens is 591 g/mol. The van der Waals surface area contributed by atoms with E-state index in [0.29, 0.717) is 30.8 Å². The number of nitrogens with one attached hydrogen (secondary N) is 3. The maximum absolute atomic E-state index is 15.7. The first-order valence-electron chi connectivity index (χ1n) is 16.6. The summed E-state index contributed by atoms with van der Waals surface area (Å²) in [7, 11) is 2.00. The van der Waals surface area contributed by atoms with Crippen molar-refractivity contribution in [3.8, 4) is 0 Å². The molecule has 1 aliphatic heterocycles. The quantitative estimate of drug-likeness (QED) is 0.313. The molecule has 3 atom stereocenters. The van der Waals surface area contributed by atoms with Crippen LogP contribution >= 0.6 is 0 Å². The Kier molecular flexibility index (Phi) is 11.9. The van der Waals surface area contributed by atoms with E-state index in [4.69, 9.17) is 4.52 Å². The maximum atomic E-state index is 15.7. The van der Waals surface area contributed by atoms with E-state index in [1.807, 2.05) is 14.0 Å². The van der Waals surface area contributed by atoms with Crippen LogP contribution in [0.4, 0.5) is 10.1 Å². The number of hydrogen-bond acceptors (Lipinski definition) is 7. The summed E-state index contributed by atoms with van der Waals surface area (Å²) in [6.45, 7) is 9.63. The number of aromatic nitrogens is 1. The molecule has 1 saturated heterocycles. The Bertz CT molecular complexity index is 1380. The molecule has 0 unspecified atom stereocenters. The highest BCUT2D eigenvalue weighted by Crippen LogP contribution is 2.34. The minimum atomic E-state index is -1.33. The molecule has 1 aromatic carbocycles. The van der Waals surface area contributed by atoms with Gasteiger partial charge in [-0.2, -0.15) is 0 Å². The summed E-state index contributed by atoms with van der Waals surface area (Å²) in [6, 6.07) is 3.57. The Labute approximate surface area is 271 Å². The highest BCUT2D eigenvalue weighted by Gasteiger charge is 2.43. The van der Waals surface area contributed by atoms with E-state index in [1.165, 1.54) is 18.4 Å². The number of aryl methyl sites for hydroxylation is 1. The second-order valence-electron chi connectivity index (χ2n) is 12.9. The lowest BCUT2D eigenvalue weighted by Gasteiger charge is -2.37. The van der Waals surface area contributed by atoms with Gasteiger partial charge in [-0.25, -0.2) is 4.39 Å². The molecule has 1 aliphatic carbocycles. The topological polar surface area (TPSA) is 137 Å². The van der Waals surface area contributed by atoms with Crippen molar-refractivity contribution in [2.24, 2.45) is 5.92 Å². The van der Waals surface area contributed by atoms with Crippen molar-refractivity contribution in [1.82, 2.24) is 25.6 Å². The van der Waals surface area contributed by atoms with E-state index in [1.54, 1.807) is 31.7 Å². The lowest BCUT2D eigenvalue weighted by molar-refractivity contribution is -0.138. The summed E-state index contributed by atoms with van der Waals surface area (Å²) >= 11 is 0. The van der Waals surface area contributed by atoms with Gasteiger partial charge in [0, 0.05) is 38.5 Å². The molecule has 0 spiro atoms. The Morgan fingerprint density at radius 2 is 1.74 bits per heavy atom. The van der Waals surface area contributed by atoms with Gasteiger partial charge >= 0.3 is 0 Å². The van der Waals surface area contributed by atoms with Crippen LogP contribution in [0.1, 0.15) is 100 Å². The Morgan fingerprint density at radius 1 is 1.07 bits per heavy atom. The smallest absolute Gasteiger partial charge is 0.257 e. The lowest BCUT2D eigenvalue weighted by atomic mass is 9.79. The Hall–Kier alpha value is -3.80. The summed E-state index contributed by atoms with van der Waals surface area (Å²) in [4.78, 5) is 57.3. The third kappa shape index (κ3) is 8.12. The number of rotatable bonds is 11. The zero-order chi connectivity index (χ0) is 33.4. The molecule has 252 valence electrons. The number of hydrogen-bond donors (Lipinski definition) is 3. The third-order valence-electron chi connectivity index (χ3n) is 9.73. The van der Waals surface area contributed by atoms with Gasteiger partial charge in [-0.05, 0) is 56.8 Å². The van der Waals surface area contributed by atoms with Crippen molar-refractivity contribution in [2.45, 2.75) is 96.6 Å². The molecule has 2 aromatic rings. The van der Waals surface area contributed by atoms with Crippen LogP contribution in [-0.4, -0.2) is 83.4 Å². The van der Waals surface area contributed by atoms with Crippen molar-refractivity contribution in [3.63, 3.8) is 0 Å². The van der Waals surface area contributed by atoms with Crippen molar-refractivity contribution < 1.29 is 28.1 Å². The van der Waals surface area contributed by atoms with Gasteiger partial charge in [0.05, 0.1) is 11.4 Å². The van der Waals surface area contributed by atoms with E-state index in [-0.39, 0.29) is 35.4 Å². The molecule has 1 saturated carbocycles. The van der Waals surface area contributed by atoms with Crippen LogP contribution in [0.25, 0.3) is 0 Å². The molecule has 2 heterocycles. The predicted molar refractivity (Wildman–Crippen MR) is 173 cm³/mol. The number of amides is 4. The van der Waals surface area contributed by atoms with Crippen LogP contribution in [0.3, 0.4) is 0 Å². The highest BCUT2D eigenvalue weighted by atomic mass is 19.1. The normalized spacial score (nSPS) is 19.0. The van der Waals surface area contributed by atoms with Gasteiger partial charge in [-0.1, -0.05) is 57.7 Å². The molecular formula is C34H49FN6O5. The second-order valence-corrected chi connectivity index (χ2v) is 12.9. The number of benzene rings is 1. The first-order chi connectivity index (χ1) is 22.0. The van der Waals surface area contributed by atoms with Crippen LogP contribution in [-0.2, 0) is 20.8 Å². The molecule has 0 radical (unpaired) electrons. The zero-order valence-corrected chi connectivity index (χ0v) is 27.8. The lowest BCUT2D eigenvalue weighted by Crippen LogP contribution is -2.59. The van der Waals surface area contributed by atoms with Gasteiger partial charge in [0.25, 0.3) is 5.91 Å². The first-order valence-corrected chi connectivity index (χ1v) is 16.6. The van der Waals surface area contributed by atoms with Crippen LogP contribution in [0.5, 0.6) is 0 Å². The predicted octanol–water partition coefficient (Wildman–Crippen LogP) is 4.25. The number of likely N-dealkylation sites (N-methyl/N-ethyl adjacent to an activating group) is 1. The largest absolute Gasteiger partial charge is 0.364 e. The highest BCUT2D eigenvalue weighted by molar-refractivity contribution is 6.04. The minimum absolute atomic E-state index is 0.0335. The average molecular weight is 641 g/mol. The van der Waals surface area contributed by atoms with Crippen LogP contribution in [0, 0.1) is 11.7 Å². The molecule has 11 nitrogen and oxygen atoms in total. The summed E-state index contributed by atoms with van der Waals surface area (Å²) in [6.07, 6.45) is 7.46. The molecule has 0 bridgehead atoms. The molecule has 46 heavy (non-hydrogen) atoms. The van der Waals surface area contributed by atoms with E-state index >= 15 is 4.39 Å². The van der Waals surface area contributed by atoms with Crippen LogP contribution in [0.15, 0.2) is 29.0 Å². The molecule has 3 N–H and O–H groups in total. The van der Waals surface area contributed by atoms with Gasteiger partial charge < -0.3 is 30.3 Å². The molecule has 1 aromatic heterocycles. The van der Waals surface area contributed by atoms with Gasteiger partial charge in [0.15, 0.2) is 0 Å². The second kappa shape index (κ2) is 15.7. The van der Waals surface area contributed by atoms with E-state index in [0.717, 1.165) is 51.6 Å². The zero-order valence-electron chi connectivity index (χ0n) is 27.8. The number of nitrogens with zero attached hydrogens (tertiary/aromatic N) is 3. The van der Waals surface area contributed by atoms with Gasteiger partial charge in [0.1, 0.15) is 29.2 Å². The molecule has 4 amide bonds. The molecule has 12 heteroatoms. The number of anilines is 1. The monoisotopic (exact) mass is 640 g/mol. The Morgan fingerprint density at radius 3 is 2.35 bits per heavy atom. The molecule has 4 rings (SSSR count). The Balaban J connectivity index is 1.56. The fourth-order valence-corrected chi connectivity index (χ4v) is 6.46. The van der Waals surface area contributed by atoms with Crippen molar-refractivity contribution in [1.29, 1.82) is 0 Å². The fourth-order valence-electron chi connectivity index (χ4n) is 6.46. The minimum Gasteiger partial charge on any atom is -0.364 e. The number of piperazine rings is 1. The number of carbonyl (C=O) groups is 4. The van der Waals surface area contributed by atoms with Crippen molar-refractivity contribution in [3.05, 3.63) is 47.1 Å². The number of carbonyl (C=O) groups excluding carboxylic acids is 4. The third-order valence-corrected chi connectivity index (χ3v) is 9.73. The van der Waals surface area contributed by atoms with Crippen LogP contribution in [0.2, 0.25) is 0 Å². The van der Waals surface area contributed by atoms with Crippen LogP contribution < -0.4 is 16.0 Å². The molecule has 2 aliphatic rings. The number of halogens is 1. The van der Waals surface area contributed by atoms with Gasteiger partial charge in [0.2, 0.25) is 17.7 Å². The van der Waals surface area contributed by atoms with E-state index < -0.39 is 35.1 Å². The van der Waals surface area contributed by atoms with Crippen molar-refractivity contribution >= 4 is 29.3 Å². The van der Waals surface area contributed by atoms with Gasteiger partial charge in [-0.15, -0.1) is 0 Å². The molecule has 2 fully saturated rings. The maximum Gasteiger partial charge on any atom is 0.257 e. The SMILES string of the molecule is CCC(=O)N[C@@H](C(=O)N1CCN(C)CC1)[C@@H](C)c1ccc(NC(=O)[C@](C)(NC(=O)c2conc2CC)C2CCCCCC2)c(F)c1. The fraction of sp³-hybridized carbons (Fsp3) is 0.618. The van der Waals surface area contributed by atoms with Crippen molar-refractivity contribution in [2.75, 3.05) is 38.5 Å². The van der Waals surface area contributed by atoms with E-state index in [9.17, 15) is 19.2 Å². The van der Waals surface area contributed by atoms with E-state index in [2.05, 4.69) is 26.0 Å². The van der Waals surface area contributed by atoms with Gasteiger partial charge in [-0.3, -0.25) is 19.2 Å². The summed E-state index contributed by atoms with van der Waals surface area (Å²) < 4.78 is 20.8. The summed E-state index contributed by atoms with van der Waals surface area (Å²) in [5.74, 6) is -2.80. The standard InChI is InChI=1S/C34H49FN6O5/c1-6-27-25(21-46-39-27)31(43)38-34(4,24-12-10-8-9-11-13-24)33(45)36-28-15-14-23(20-26(28)35)22(3)30(37-29(42)7-2)32(44)41-18-16-40(5)17-19-41/h14-15,20-22,24,30H,6-13,16-19H2,1-5H3,(H,36,45)(H,37,42)(H,38,43)/t22-,30+,34+/m0/s1. The summed E-state index contributed by atoms with van der Waals surface area (Å²) in [5.41, 5.74) is -0.0773. The first kappa shape index (κ1) is 35.1. The average Bonchev–Trinajstić information content (AvgIpc) is 3.37.